The zero-order chi connectivity index (χ0) is 12.7. The Morgan fingerprint density at radius 1 is 1.41 bits per heavy atom. The monoisotopic (exact) mass is 235 g/mol. The second kappa shape index (κ2) is 6.91. The fourth-order valence-corrected chi connectivity index (χ4v) is 1.69. The quantitative estimate of drug-likeness (QED) is 0.741. The number of anilines is 2. The van der Waals surface area contributed by atoms with Crippen LogP contribution in [0.4, 0.5) is 11.4 Å². The van der Waals surface area contributed by atoms with E-state index in [2.05, 4.69) is 24.1 Å². The number of nitrogens with zero attached hydrogens (tertiary/aromatic N) is 1. The number of likely N-dealkylation sites (N-methyl/N-ethyl adjacent to an activating group) is 1. The highest BCUT2D eigenvalue weighted by molar-refractivity contribution is 5.92. The van der Waals surface area contributed by atoms with Gasteiger partial charge in [0.15, 0.2) is 0 Å². The molecule has 0 bridgehead atoms. The van der Waals surface area contributed by atoms with Gasteiger partial charge in [-0.1, -0.05) is 19.9 Å². The second-order valence-electron chi connectivity index (χ2n) is 4.04. The molecule has 1 aromatic carbocycles. The van der Waals surface area contributed by atoms with Gasteiger partial charge >= 0.3 is 0 Å². The Hall–Kier alpha value is -1.55. The summed E-state index contributed by atoms with van der Waals surface area (Å²) >= 11 is 0. The van der Waals surface area contributed by atoms with Gasteiger partial charge in [0.1, 0.15) is 0 Å². The molecule has 0 spiro atoms. The molecule has 1 amide bonds. The fourth-order valence-electron chi connectivity index (χ4n) is 1.69. The average molecular weight is 235 g/mol. The first-order chi connectivity index (χ1) is 8.15. The highest BCUT2D eigenvalue weighted by atomic mass is 16.2. The number of hydrogen-bond acceptors (Lipinski definition) is 3. The zero-order valence-electron chi connectivity index (χ0n) is 10.6. The van der Waals surface area contributed by atoms with E-state index >= 15 is 0 Å². The molecule has 0 saturated heterocycles. The first-order valence-corrected chi connectivity index (χ1v) is 6.03. The van der Waals surface area contributed by atoms with Gasteiger partial charge in [-0.2, -0.15) is 0 Å². The third-order valence-corrected chi connectivity index (χ3v) is 2.52. The van der Waals surface area contributed by atoms with E-state index in [4.69, 9.17) is 5.73 Å². The molecule has 0 radical (unpaired) electrons. The van der Waals surface area contributed by atoms with Crippen molar-refractivity contribution in [2.24, 2.45) is 0 Å². The summed E-state index contributed by atoms with van der Waals surface area (Å²) < 4.78 is 0. The highest BCUT2D eigenvalue weighted by Gasteiger charge is 2.08. The molecule has 4 heteroatoms. The van der Waals surface area contributed by atoms with Crippen molar-refractivity contribution in [2.45, 2.75) is 20.3 Å². The topological polar surface area (TPSA) is 58.4 Å². The molecule has 0 unspecified atom stereocenters. The first-order valence-electron chi connectivity index (χ1n) is 6.03. The van der Waals surface area contributed by atoms with Crippen molar-refractivity contribution in [3.63, 3.8) is 0 Å². The van der Waals surface area contributed by atoms with E-state index < -0.39 is 0 Å². The molecule has 0 aliphatic rings. The molecule has 0 aliphatic carbocycles. The fraction of sp³-hybridized carbons (Fsp3) is 0.462. The molecule has 0 atom stereocenters. The van der Waals surface area contributed by atoms with E-state index in [1.807, 2.05) is 12.1 Å². The van der Waals surface area contributed by atoms with Crippen LogP contribution in [0.1, 0.15) is 20.3 Å². The summed E-state index contributed by atoms with van der Waals surface area (Å²) in [6.07, 6.45) is 1.05. The van der Waals surface area contributed by atoms with Gasteiger partial charge in [-0.25, -0.2) is 0 Å². The van der Waals surface area contributed by atoms with E-state index in [1.54, 1.807) is 12.1 Å². The second-order valence-corrected chi connectivity index (χ2v) is 4.04. The molecule has 0 heterocycles. The third kappa shape index (κ3) is 4.87. The summed E-state index contributed by atoms with van der Waals surface area (Å²) in [5.74, 6) is 0.00546. The van der Waals surface area contributed by atoms with Gasteiger partial charge in [-0.05, 0) is 37.7 Å². The lowest BCUT2D eigenvalue weighted by atomic mass is 10.3. The van der Waals surface area contributed by atoms with Crippen molar-refractivity contribution in [2.75, 3.05) is 30.7 Å². The summed E-state index contributed by atoms with van der Waals surface area (Å²) in [5, 5.41) is 2.85. The van der Waals surface area contributed by atoms with Crippen molar-refractivity contribution in [1.29, 1.82) is 0 Å². The molecule has 4 nitrogen and oxygen atoms in total. The van der Waals surface area contributed by atoms with Gasteiger partial charge in [0.25, 0.3) is 0 Å². The molecule has 0 fully saturated rings. The molecular formula is C13H21N3O. The van der Waals surface area contributed by atoms with Crippen molar-refractivity contribution in [3.05, 3.63) is 24.3 Å². The third-order valence-electron chi connectivity index (χ3n) is 2.52. The maximum absolute atomic E-state index is 11.8. The Kier molecular flexibility index (Phi) is 5.49. The van der Waals surface area contributed by atoms with Gasteiger partial charge in [-0.3, -0.25) is 9.69 Å². The lowest BCUT2D eigenvalue weighted by molar-refractivity contribution is -0.117. The van der Waals surface area contributed by atoms with Crippen LogP contribution >= 0.6 is 0 Å². The highest BCUT2D eigenvalue weighted by Crippen LogP contribution is 2.11. The first kappa shape index (κ1) is 13.5. The number of carbonyl (C=O) groups excluding carboxylic acids is 1. The van der Waals surface area contributed by atoms with Crippen LogP contribution in [-0.4, -0.2) is 30.4 Å². The van der Waals surface area contributed by atoms with Crippen molar-refractivity contribution < 1.29 is 4.79 Å². The summed E-state index contributed by atoms with van der Waals surface area (Å²) in [4.78, 5) is 13.9. The van der Waals surface area contributed by atoms with Crippen LogP contribution in [0.2, 0.25) is 0 Å². The Labute approximate surface area is 103 Å². The largest absolute Gasteiger partial charge is 0.399 e. The summed E-state index contributed by atoms with van der Waals surface area (Å²) in [7, 11) is 0. The Bertz CT molecular complexity index is 365. The van der Waals surface area contributed by atoms with Gasteiger partial charge in [0.2, 0.25) is 5.91 Å². The number of hydrogen-bond donors (Lipinski definition) is 2. The maximum atomic E-state index is 11.8. The van der Waals surface area contributed by atoms with Crippen LogP contribution < -0.4 is 11.1 Å². The molecular weight excluding hydrogens is 214 g/mol. The standard InChI is InChI=1S/C13H21N3O/c1-3-8-16(4-2)10-13(17)15-12-7-5-6-11(14)9-12/h5-7,9H,3-4,8,10,14H2,1-2H3,(H,15,17). The molecule has 0 aromatic heterocycles. The number of nitrogens with one attached hydrogen (secondary N) is 1. The number of carbonyl (C=O) groups is 1. The summed E-state index contributed by atoms with van der Waals surface area (Å²) in [5.41, 5.74) is 7.06. The maximum Gasteiger partial charge on any atom is 0.238 e. The predicted octanol–water partition coefficient (Wildman–Crippen LogP) is 1.94. The molecule has 1 aromatic rings. The van der Waals surface area contributed by atoms with Crippen molar-refractivity contribution >= 4 is 17.3 Å². The average Bonchev–Trinajstić information content (AvgIpc) is 2.28. The molecule has 0 aliphatic heterocycles. The van der Waals surface area contributed by atoms with Crippen molar-refractivity contribution in [1.82, 2.24) is 4.90 Å². The van der Waals surface area contributed by atoms with Gasteiger partial charge in [0.05, 0.1) is 6.54 Å². The molecule has 17 heavy (non-hydrogen) atoms. The minimum absolute atomic E-state index is 0.00546. The van der Waals surface area contributed by atoms with Crippen molar-refractivity contribution in [3.8, 4) is 0 Å². The van der Waals surface area contributed by atoms with E-state index in [0.717, 1.165) is 25.2 Å². The van der Waals surface area contributed by atoms with Crippen LogP contribution in [0.25, 0.3) is 0 Å². The minimum Gasteiger partial charge on any atom is -0.399 e. The normalized spacial score (nSPS) is 10.5. The van der Waals surface area contributed by atoms with Crippen LogP contribution in [0.3, 0.4) is 0 Å². The van der Waals surface area contributed by atoms with E-state index in [9.17, 15) is 4.79 Å². The Balaban J connectivity index is 2.49. The number of rotatable bonds is 6. The summed E-state index contributed by atoms with van der Waals surface area (Å²) in [6.45, 7) is 6.43. The molecule has 94 valence electrons. The summed E-state index contributed by atoms with van der Waals surface area (Å²) in [6, 6.07) is 7.22. The predicted molar refractivity (Wildman–Crippen MR) is 71.9 cm³/mol. The Morgan fingerprint density at radius 3 is 2.76 bits per heavy atom. The number of benzene rings is 1. The van der Waals surface area contributed by atoms with E-state index in [0.29, 0.717) is 12.2 Å². The molecule has 0 saturated carbocycles. The van der Waals surface area contributed by atoms with Gasteiger partial charge < -0.3 is 11.1 Å². The van der Waals surface area contributed by atoms with Gasteiger partial charge in [-0.15, -0.1) is 0 Å². The SMILES string of the molecule is CCCN(CC)CC(=O)Nc1cccc(N)c1. The van der Waals surface area contributed by atoms with Gasteiger partial charge in [0, 0.05) is 11.4 Å². The lowest BCUT2D eigenvalue weighted by Crippen LogP contribution is -2.33. The van der Waals surface area contributed by atoms with Crippen LogP contribution in [-0.2, 0) is 4.79 Å². The lowest BCUT2D eigenvalue weighted by Gasteiger charge is -2.18. The van der Waals surface area contributed by atoms with E-state index in [1.165, 1.54) is 0 Å². The Morgan fingerprint density at radius 2 is 2.18 bits per heavy atom. The molecule has 3 N–H and O–H groups in total. The number of amides is 1. The smallest absolute Gasteiger partial charge is 0.238 e. The zero-order valence-corrected chi connectivity index (χ0v) is 10.6. The van der Waals surface area contributed by atoms with E-state index in [-0.39, 0.29) is 5.91 Å². The minimum atomic E-state index is 0.00546. The van der Waals surface area contributed by atoms with Crippen LogP contribution in [0.5, 0.6) is 0 Å². The number of nitrogens with two attached hydrogens (primary N) is 1. The molecule has 1 rings (SSSR count). The number of nitrogen functional groups attached to an aromatic ring is 1. The van der Waals surface area contributed by atoms with Crippen LogP contribution in [0, 0.1) is 0 Å². The van der Waals surface area contributed by atoms with Crippen LogP contribution in [0.15, 0.2) is 24.3 Å².